The van der Waals surface area contributed by atoms with Crippen LogP contribution in [-0.4, -0.2) is 22.0 Å². The normalized spacial score (nSPS) is 11.7. The molecule has 0 saturated carbocycles. The van der Waals surface area contributed by atoms with Crippen molar-refractivity contribution in [1.29, 1.82) is 0 Å². The minimum absolute atomic E-state index is 0.223. The van der Waals surface area contributed by atoms with Gasteiger partial charge in [-0.25, -0.2) is 0 Å². The fourth-order valence-corrected chi connectivity index (χ4v) is 2.93. The standard InChI is InChI=1S/C22H17N5O3/c1-2-6-16(7-3-1)30-18-9-5-4-8-17(18)25-21-13-23-27-22(26-21)24-15-10-11-19-20(12-15)29-14-28-19/h1-13H,14H2,(H2,24,25,26,27). The number of nitrogens with one attached hydrogen (secondary N) is 2. The number of hydrogen-bond acceptors (Lipinski definition) is 8. The van der Waals surface area contributed by atoms with E-state index in [1.54, 1.807) is 6.20 Å². The molecule has 0 amide bonds. The van der Waals surface area contributed by atoms with Crippen molar-refractivity contribution < 1.29 is 14.2 Å². The number of anilines is 4. The summed E-state index contributed by atoms with van der Waals surface area (Å²) < 4.78 is 16.7. The number of benzene rings is 3. The van der Waals surface area contributed by atoms with Crippen LogP contribution in [0.4, 0.5) is 23.1 Å². The molecule has 5 rings (SSSR count). The van der Waals surface area contributed by atoms with E-state index in [1.165, 1.54) is 0 Å². The third-order valence-corrected chi connectivity index (χ3v) is 4.31. The Balaban J connectivity index is 1.34. The van der Waals surface area contributed by atoms with Crippen LogP contribution in [0.25, 0.3) is 0 Å². The molecule has 1 aliphatic heterocycles. The van der Waals surface area contributed by atoms with E-state index in [9.17, 15) is 0 Å². The number of ether oxygens (including phenoxy) is 3. The van der Waals surface area contributed by atoms with Crippen molar-refractivity contribution in [3.63, 3.8) is 0 Å². The Hall–Kier alpha value is -4.33. The maximum Gasteiger partial charge on any atom is 0.249 e. The number of hydrogen-bond donors (Lipinski definition) is 2. The summed E-state index contributed by atoms with van der Waals surface area (Å²) in [5.74, 6) is 3.68. The quantitative estimate of drug-likeness (QED) is 0.474. The van der Waals surface area contributed by atoms with E-state index in [4.69, 9.17) is 14.2 Å². The maximum absolute atomic E-state index is 5.98. The summed E-state index contributed by atoms with van der Waals surface area (Å²) >= 11 is 0. The molecule has 148 valence electrons. The summed E-state index contributed by atoms with van der Waals surface area (Å²) in [6, 6.07) is 22.7. The van der Waals surface area contributed by atoms with E-state index in [0.717, 1.165) is 17.1 Å². The van der Waals surface area contributed by atoms with Crippen LogP contribution in [0.1, 0.15) is 0 Å². The van der Waals surface area contributed by atoms with Crippen molar-refractivity contribution in [2.24, 2.45) is 0 Å². The molecule has 0 unspecified atom stereocenters. The molecule has 4 aromatic rings. The van der Waals surface area contributed by atoms with E-state index in [2.05, 4.69) is 25.8 Å². The van der Waals surface area contributed by atoms with E-state index < -0.39 is 0 Å². The number of para-hydroxylation sites is 3. The van der Waals surface area contributed by atoms with Crippen molar-refractivity contribution in [2.75, 3.05) is 17.4 Å². The minimum Gasteiger partial charge on any atom is -0.455 e. The maximum atomic E-state index is 5.98. The molecular formula is C22H17N5O3. The molecule has 30 heavy (non-hydrogen) atoms. The van der Waals surface area contributed by atoms with Gasteiger partial charge in [-0.1, -0.05) is 30.3 Å². The van der Waals surface area contributed by atoms with Crippen LogP contribution >= 0.6 is 0 Å². The van der Waals surface area contributed by atoms with Gasteiger partial charge in [0.15, 0.2) is 23.1 Å². The van der Waals surface area contributed by atoms with Crippen LogP contribution in [0.15, 0.2) is 79.0 Å². The Kier molecular flexibility index (Phi) is 4.71. The van der Waals surface area contributed by atoms with Crippen LogP contribution < -0.4 is 24.8 Å². The number of fused-ring (bicyclic) bond motifs is 1. The summed E-state index contributed by atoms with van der Waals surface area (Å²) in [4.78, 5) is 4.48. The molecular weight excluding hydrogens is 382 g/mol. The third-order valence-electron chi connectivity index (χ3n) is 4.31. The van der Waals surface area contributed by atoms with Crippen molar-refractivity contribution in [2.45, 2.75) is 0 Å². The third kappa shape index (κ3) is 3.93. The predicted molar refractivity (Wildman–Crippen MR) is 112 cm³/mol. The van der Waals surface area contributed by atoms with Crippen LogP contribution in [0, 0.1) is 0 Å². The molecule has 2 N–H and O–H groups in total. The first-order valence-electron chi connectivity index (χ1n) is 9.29. The molecule has 0 aliphatic carbocycles. The molecule has 0 radical (unpaired) electrons. The van der Waals surface area contributed by atoms with Crippen LogP contribution in [0.2, 0.25) is 0 Å². The summed E-state index contributed by atoms with van der Waals surface area (Å²) in [6.45, 7) is 0.223. The van der Waals surface area contributed by atoms with Crippen LogP contribution in [0.5, 0.6) is 23.0 Å². The lowest BCUT2D eigenvalue weighted by molar-refractivity contribution is 0.174. The predicted octanol–water partition coefficient (Wildman–Crippen LogP) is 4.88. The Morgan fingerprint density at radius 1 is 0.833 bits per heavy atom. The highest BCUT2D eigenvalue weighted by atomic mass is 16.7. The van der Waals surface area contributed by atoms with Gasteiger partial charge >= 0.3 is 0 Å². The highest BCUT2D eigenvalue weighted by Crippen LogP contribution is 2.35. The highest BCUT2D eigenvalue weighted by molar-refractivity contribution is 5.66. The fraction of sp³-hybridized carbons (Fsp3) is 0.0455. The summed E-state index contributed by atoms with van der Waals surface area (Å²) in [6.07, 6.45) is 1.55. The topological polar surface area (TPSA) is 90.4 Å². The molecule has 0 atom stereocenters. The lowest BCUT2D eigenvalue weighted by Gasteiger charge is -2.13. The van der Waals surface area contributed by atoms with Crippen LogP contribution in [-0.2, 0) is 0 Å². The van der Waals surface area contributed by atoms with Gasteiger partial charge < -0.3 is 24.8 Å². The summed E-state index contributed by atoms with van der Waals surface area (Å²) in [5, 5.41) is 14.4. The molecule has 1 aliphatic rings. The van der Waals surface area contributed by atoms with E-state index in [-0.39, 0.29) is 6.79 Å². The highest BCUT2D eigenvalue weighted by Gasteiger charge is 2.14. The second-order valence-corrected chi connectivity index (χ2v) is 6.39. The molecule has 2 heterocycles. The molecule has 0 spiro atoms. The number of rotatable bonds is 6. The lowest BCUT2D eigenvalue weighted by atomic mass is 10.3. The number of aromatic nitrogens is 3. The zero-order valence-electron chi connectivity index (χ0n) is 15.8. The smallest absolute Gasteiger partial charge is 0.249 e. The average Bonchev–Trinajstić information content (AvgIpc) is 3.24. The minimum atomic E-state index is 0.223. The lowest BCUT2D eigenvalue weighted by Crippen LogP contribution is -2.03. The molecule has 8 nitrogen and oxygen atoms in total. The van der Waals surface area contributed by atoms with Gasteiger partial charge in [-0.05, 0) is 36.4 Å². The molecule has 0 fully saturated rings. The van der Waals surface area contributed by atoms with Gasteiger partial charge in [0.1, 0.15) is 5.75 Å². The molecule has 0 bridgehead atoms. The average molecular weight is 399 g/mol. The zero-order valence-corrected chi connectivity index (χ0v) is 15.8. The number of nitrogens with zero attached hydrogens (tertiary/aromatic N) is 3. The van der Waals surface area contributed by atoms with Crippen molar-refractivity contribution in [3.05, 3.63) is 79.0 Å². The van der Waals surface area contributed by atoms with Gasteiger partial charge in [-0.2, -0.15) is 10.1 Å². The van der Waals surface area contributed by atoms with Gasteiger partial charge in [0, 0.05) is 11.8 Å². The van der Waals surface area contributed by atoms with E-state index in [0.29, 0.717) is 29.0 Å². The Labute approximate surface area is 172 Å². The largest absolute Gasteiger partial charge is 0.455 e. The Morgan fingerprint density at radius 2 is 1.67 bits per heavy atom. The SMILES string of the molecule is c1ccc(Oc2ccccc2Nc2cnnc(Nc3ccc4c(c3)OCO4)n2)cc1. The van der Waals surface area contributed by atoms with Gasteiger partial charge in [0.2, 0.25) is 12.7 Å². The van der Waals surface area contributed by atoms with Crippen molar-refractivity contribution in [1.82, 2.24) is 15.2 Å². The monoisotopic (exact) mass is 399 g/mol. The van der Waals surface area contributed by atoms with Crippen LogP contribution in [0.3, 0.4) is 0 Å². The van der Waals surface area contributed by atoms with E-state index in [1.807, 2.05) is 72.8 Å². The van der Waals surface area contributed by atoms with Gasteiger partial charge in [0.25, 0.3) is 0 Å². The molecule has 0 saturated heterocycles. The van der Waals surface area contributed by atoms with Gasteiger partial charge in [-0.3, -0.25) is 0 Å². The van der Waals surface area contributed by atoms with Gasteiger partial charge in [-0.15, -0.1) is 5.10 Å². The summed E-state index contributed by atoms with van der Waals surface area (Å²) in [5.41, 5.74) is 1.53. The van der Waals surface area contributed by atoms with Gasteiger partial charge in [0.05, 0.1) is 11.9 Å². The summed E-state index contributed by atoms with van der Waals surface area (Å²) in [7, 11) is 0. The first kappa shape index (κ1) is 17.7. The van der Waals surface area contributed by atoms with E-state index >= 15 is 0 Å². The molecule has 8 heteroatoms. The second-order valence-electron chi connectivity index (χ2n) is 6.39. The second kappa shape index (κ2) is 7.96. The Morgan fingerprint density at radius 3 is 2.60 bits per heavy atom. The molecule has 1 aromatic heterocycles. The first-order chi connectivity index (χ1) is 14.8. The Bertz CT molecular complexity index is 1170. The van der Waals surface area contributed by atoms with Crippen molar-refractivity contribution in [3.8, 4) is 23.0 Å². The molecule has 3 aromatic carbocycles. The van der Waals surface area contributed by atoms with Crippen molar-refractivity contribution >= 4 is 23.1 Å². The zero-order chi connectivity index (χ0) is 20.2. The first-order valence-corrected chi connectivity index (χ1v) is 9.29. The fourth-order valence-electron chi connectivity index (χ4n) is 2.93.